The molecule has 2 aromatic rings. The Bertz CT molecular complexity index is 699. The molecule has 0 bridgehead atoms. The fraction of sp³-hybridized carbons (Fsp3) is 0.353. The molecular formula is C17H17FN2O. The predicted octanol–water partition coefficient (Wildman–Crippen LogP) is 3.31. The highest BCUT2D eigenvalue weighted by molar-refractivity contribution is 5.34. The average Bonchev–Trinajstić information content (AvgIpc) is 2.77. The highest BCUT2D eigenvalue weighted by Gasteiger charge is 2.18. The van der Waals surface area contributed by atoms with E-state index < -0.39 is 11.9 Å². The number of fused-ring (bicyclic) bond motifs is 1. The minimum absolute atomic E-state index is 0.332. The van der Waals surface area contributed by atoms with Crippen LogP contribution in [0.25, 0.3) is 0 Å². The van der Waals surface area contributed by atoms with Gasteiger partial charge >= 0.3 is 0 Å². The third kappa shape index (κ3) is 2.98. The Balaban J connectivity index is 1.88. The molecule has 0 spiro atoms. The van der Waals surface area contributed by atoms with Crippen LogP contribution in [0.4, 0.5) is 4.39 Å². The Labute approximate surface area is 123 Å². The lowest BCUT2D eigenvalue weighted by molar-refractivity contribution is 0.166. The fourth-order valence-electron chi connectivity index (χ4n) is 3.00. The molecule has 1 aliphatic carbocycles. The summed E-state index contributed by atoms with van der Waals surface area (Å²) < 4.78 is 15.4. The van der Waals surface area contributed by atoms with Gasteiger partial charge in [-0.1, -0.05) is 6.42 Å². The van der Waals surface area contributed by atoms with Crippen LogP contribution in [0.2, 0.25) is 0 Å². The van der Waals surface area contributed by atoms with Crippen molar-refractivity contribution in [3.8, 4) is 6.07 Å². The van der Waals surface area contributed by atoms with E-state index in [2.05, 4.69) is 0 Å². The van der Waals surface area contributed by atoms with Gasteiger partial charge in [0, 0.05) is 24.5 Å². The van der Waals surface area contributed by atoms with Crippen molar-refractivity contribution in [1.29, 1.82) is 5.26 Å². The molecule has 0 saturated carbocycles. The van der Waals surface area contributed by atoms with Crippen LogP contribution < -0.4 is 0 Å². The van der Waals surface area contributed by atoms with E-state index in [0.29, 0.717) is 12.1 Å². The van der Waals surface area contributed by atoms with E-state index in [9.17, 15) is 9.50 Å². The van der Waals surface area contributed by atoms with Crippen LogP contribution in [-0.2, 0) is 13.0 Å². The van der Waals surface area contributed by atoms with Gasteiger partial charge < -0.3 is 9.67 Å². The summed E-state index contributed by atoms with van der Waals surface area (Å²) in [4.78, 5) is 0. The Morgan fingerprint density at radius 1 is 1.29 bits per heavy atom. The molecule has 0 radical (unpaired) electrons. The van der Waals surface area contributed by atoms with E-state index in [1.165, 1.54) is 17.7 Å². The van der Waals surface area contributed by atoms with Crippen LogP contribution in [0.5, 0.6) is 0 Å². The molecule has 3 rings (SSSR count). The number of nitrogens with zero attached hydrogens (tertiary/aromatic N) is 2. The number of aryl methyl sites for hydroxylation is 1. The maximum atomic E-state index is 13.5. The second kappa shape index (κ2) is 5.71. The van der Waals surface area contributed by atoms with Crippen molar-refractivity contribution >= 4 is 0 Å². The molecule has 4 heteroatoms. The van der Waals surface area contributed by atoms with Crippen LogP contribution in [0, 0.1) is 17.1 Å². The number of hydrogen-bond donors (Lipinski definition) is 1. The van der Waals surface area contributed by atoms with Gasteiger partial charge in [-0.25, -0.2) is 4.39 Å². The number of hydrogen-bond acceptors (Lipinski definition) is 2. The number of aromatic nitrogens is 1. The van der Waals surface area contributed by atoms with E-state index in [0.717, 1.165) is 36.8 Å². The molecule has 1 aromatic carbocycles. The van der Waals surface area contributed by atoms with Gasteiger partial charge in [-0.15, -0.1) is 0 Å². The standard InChI is InChI=1S/C17H17FN2O/c18-15-6-12(8-19)5-13(7-15)9-20-10-14-3-1-2-4-17(21)16(14)11-20/h5-7,10-11,17,21H,1-4,9H2. The lowest BCUT2D eigenvalue weighted by Crippen LogP contribution is -1.99. The third-order valence-corrected chi connectivity index (χ3v) is 3.98. The number of benzene rings is 1. The van der Waals surface area contributed by atoms with Crippen LogP contribution in [-0.4, -0.2) is 9.67 Å². The second-order valence-electron chi connectivity index (χ2n) is 5.63. The number of halogens is 1. The van der Waals surface area contributed by atoms with Crippen LogP contribution in [0.3, 0.4) is 0 Å². The minimum atomic E-state index is -0.397. The van der Waals surface area contributed by atoms with Crippen molar-refractivity contribution in [3.05, 3.63) is 58.7 Å². The van der Waals surface area contributed by atoms with Gasteiger partial charge in [0.05, 0.1) is 17.7 Å². The summed E-state index contributed by atoms with van der Waals surface area (Å²) in [7, 11) is 0. The molecule has 0 fully saturated rings. The summed E-state index contributed by atoms with van der Waals surface area (Å²) in [5, 5.41) is 19.0. The number of aliphatic hydroxyl groups excluding tert-OH is 1. The predicted molar refractivity (Wildman–Crippen MR) is 77.2 cm³/mol. The monoisotopic (exact) mass is 284 g/mol. The maximum absolute atomic E-state index is 13.5. The summed E-state index contributed by atoms with van der Waals surface area (Å²) in [6.07, 6.45) is 7.49. The van der Waals surface area contributed by atoms with Gasteiger partial charge in [0.15, 0.2) is 0 Å². The Hall–Kier alpha value is -2.12. The third-order valence-electron chi connectivity index (χ3n) is 3.98. The molecule has 0 saturated heterocycles. The van der Waals surface area contributed by atoms with Gasteiger partial charge in [-0.3, -0.25) is 0 Å². The summed E-state index contributed by atoms with van der Waals surface area (Å²) in [5.41, 5.74) is 3.26. The van der Waals surface area contributed by atoms with E-state index in [4.69, 9.17) is 5.26 Å². The van der Waals surface area contributed by atoms with Gasteiger partial charge in [0.1, 0.15) is 5.82 Å². The first-order valence-corrected chi connectivity index (χ1v) is 7.22. The van der Waals surface area contributed by atoms with Crippen LogP contribution >= 0.6 is 0 Å². The maximum Gasteiger partial charge on any atom is 0.124 e. The molecule has 1 atom stereocenters. The molecule has 0 aliphatic heterocycles. The zero-order chi connectivity index (χ0) is 14.8. The number of aliphatic hydroxyl groups is 1. The number of rotatable bonds is 2. The summed E-state index contributed by atoms with van der Waals surface area (Å²) in [6.45, 7) is 0.506. The molecule has 1 heterocycles. The Morgan fingerprint density at radius 3 is 2.95 bits per heavy atom. The SMILES string of the molecule is N#Cc1cc(F)cc(Cn2cc3c(c2)C(O)CCCC3)c1. The molecule has 1 aliphatic rings. The molecule has 21 heavy (non-hydrogen) atoms. The van der Waals surface area contributed by atoms with Crippen molar-refractivity contribution in [2.45, 2.75) is 38.3 Å². The van der Waals surface area contributed by atoms with Crippen LogP contribution in [0.15, 0.2) is 30.6 Å². The van der Waals surface area contributed by atoms with E-state index in [1.807, 2.05) is 23.0 Å². The first-order chi connectivity index (χ1) is 10.2. The molecular weight excluding hydrogens is 267 g/mol. The molecule has 1 aromatic heterocycles. The summed E-state index contributed by atoms with van der Waals surface area (Å²) >= 11 is 0. The van der Waals surface area contributed by atoms with E-state index in [-0.39, 0.29) is 0 Å². The molecule has 1 N–H and O–H groups in total. The first kappa shape index (κ1) is 13.8. The molecule has 0 amide bonds. The van der Waals surface area contributed by atoms with Gasteiger partial charge in [0.25, 0.3) is 0 Å². The molecule has 3 nitrogen and oxygen atoms in total. The van der Waals surface area contributed by atoms with E-state index in [1.54, 1.807) is 6.07 Å². The summed E-state index contributed by atoms with van der Waals surface area (Å²) in [5.74, 6) is -0.391. The van der Waals surface area contributed by atoms with E-state index >= 15 is 0 Å². The van der Waals surface area contributed by atoms with Crippen molar-refractivity contribution in [2.75, 3.05) is 0 Å². The summed E-state index contributed by atoms with van der Waals surface area (Å²) in [6, 6.07) is 6.35. The Morgan fingerprint density at radius 2 is 2.14 bits per heavy atom. The minimum Gasteiger partial charge on any atom is -0.388 e. The highest BCUT2D eigenvalue weighted by atomic mass is 19.1. The van der Waals surface area contributed by atoms with Crippen LogP contribution in [0.1, 0.15) is 47.6 Å². The number of nitriles is 1. The fourth-order valence-corrected chi connectivity index (χ4v) is 3.00. The Kier molecular flexibility index (Phi) is 3.76. The van der Waals surface area contributed by atoms with Crippen molar-refractivity contribution in [1.82, 2.24) is 4.57 Å². The van der Waals surface area contributed by atoms with Gasteiger partial charge in [-0.2, -0.15) is 5.26 Å². The smallest absolute Gasteiger partial charge is 0.124 e. The van der Waals surface area contributed by atoms with Crippen molar-refractivity contribution in [3.63, 3.8) is 0 Å². The average molecular weight is 284 g/mol. The van der Waals surface area contributed by atoms with Gasteiger partial charge in [0.2, 0.25) is 0 Å². The lowest BCUT2D eigenvalue weighted by Gasteiger charge is -2.07. The van der Waals surface area contributed by atoms with Crippen molar-refractivity contribution < 1.29 is 9.50 Å². The molecule has 108 valence electrons. The molecule has 1 unspecified atom stereocenters. The van der Waals surface area contributed by atoms with Crippen molar-refractivity contribution in [2.24, 2.45) is 0 Å². The second-order valence-corrected chi connectivity index (χ2v) is 5.63. The first-order valence-electron chi connectivity index (χ1n) is 7.22. The zero-order valence-corrected chi connectivity index (χ0v) is 11.7. The largest absolute Gasteiger partial charge is 0.388 e. The topological polar surface area (TPSA) is 49.0 Å². The highest BCUT2D eigenvalue weighted by Crippen LogP contribution is 2.29. The van der Waals surface area contributed by atoms with Gasteiger partial charge in [-0.05, 0) is 48.6 Å². The lowest BCUT2D eigenvalue weighted by atomic mass is 10.1. The quantitative estimate of drug-likeness (QED) is 0.860. The zero-order valence-electron chi connectivity index (χ0n) is 11.7. The normalized spacial score (nSPS) is 17.9.